The van der Waals surface area contributed by atoms with Crippen molar-refractivity contribution in [3.8, 4) is 0 Å². The summed E-state index contributed by atoms with van der Waals surface area (Å²) in [5.41, 5.74) is 6.08. The largest absolute Gasteiger partial charge is 0.368 e. The Morgan fingerprint density at radius 3 is 2.00 bits per heavy atom. The van der Waals surface area contributed by atoms with Gasteiger partial charge in [-0.25, -0.2) is 0 Å². The molecule has 2 saturated heterocycles. The zero-order valence-corrected chi connectivity index (χ0v) is 22.6. The highest BCUT2D eigenvalue weighted by molar-refractivity contribution is 5.96. The van der Waals surface area contributed by atoms with E-state index in [0.29, 0.717) is 38.8 Å². The van der Waals surface area contributed by atoms with Crippen LogP contribution in [-0.4, -0.2) is 88.5 Å². The quantitative estimate of drug-likeness (QED) is 0.302. The van der Waals surface area contributed by atoms with Crippen LogP contribution in [0.4, 0.5) is 0 Å². The van der Waals surface area contributed by atoms with Gasteiger partial charge in [-0.3, -0.25) is 28.8 Å². The number of carbonyl (C=O) groups is 6. The zero-order chi connectivity index (χ0) is 28.7. The van der Waals surface area contributed by atoms with E-state index in [1.165, 1.54) is 23.6 Å². The minimum atomic E-state index is -1.00. The molecule has 0 saturated carbocycles. The van der Waals surface area contributed by atoms with Crippen LogP contribution in [0.5, 0.6) is 0 Å². The molecule has 12 heteroatoms. The van der Waals surface area contributed by atoms with Crippen molar-refractivity contribution in [2.24, 2.45) is 5.73 Å². The maximum absolute atomic E-state index is 13.3. The fraction of sp³-hybridized carbons (Fsp3) is 0.556. The molecule has 3 rings (SSSR count). The molecule has 0 unspecified atom stereocenters. The molecule has 5 N–H and O–H groups in total. The van der Waals surface area contributed by atoms with Gasteiger partial charge in [-0.1, -0.05) is 30.3 Å². The Hall–Kier alpha value is -3.96. The number of hydrogen-bond acceptors (Lipinski definition) is 6. The van der Waals surface area contributed by atoms with E-state index in [0.717, 1.165) is 5.56 Å². The van der Waals surface area contributed by atoms with Gasteiger partial charge in [0.25, 0.3) is 0 Å². The third-order valence-corrected chi connectivity index (χ3v) is 7.23. The zero-order valence-electron chi connectivity index (χ0n) is 22.6. The van der Waals surface area contributed by atoms with Gasteiger partial charge in [0.2, 0.25) is 35.4 Å². The highest BCUT2D eigenvalue weighted by atomic mass is 16.2. The summed E-state index contributed by atoms with van der Waals surface area (Å²) in [6.45, 7) is 5.25. The molecular formula is C27H38N6O6. The molecule has 212 valence electrons. The van der Waals surface area contributed by atoms with Gasteiger partial charge in [-0.05, 0) is 45.1 Å². The Kier molecular flexibility index (Phi) is 10.0. The van der Waals surface area contributed by atoms with Gasteiger partial charge < -0.3 is 31.5 Å². The molecule has 2 aliphatic heterocycles. The Morgan fingerprint density at radius 2 is 1.41 bits per heavy atom. The number of nitrogens with one attached hydrogen (secondary N) is 3. The number of nitrogens with zero attached hydrogens (tertiary/aromatic N) is 2. The van der Waals surface area contributed by atoms with Crippen molar-refractivity contribution in [2.75, 3.05) is 13.1 Å². The Bertz CT molecular complexity index is 1100. The van der Waals surface area contributed by atoms with Crippen molar-refractivity contribution in [3.05, 3.63) is 35.9 Å². The Labute approximate surface area is 228 Å². The molecule has 39 heavy (non-hydrogen) atoms. The van der Waals surface area contributed by atoms with Gasteiger partial charge in [0.1, 0.15) is 30.2 Å². The first-order chi connectivity index (χ1) is 18.5. The molecule has 0 aromatic heterocycles. The van der Waals surface area contributed by atoms with Crippen molar-refractivity contribution in [1.29, 1.82) is 0 Å². The standard InChI is InChI=1S/C27H38N6O6/c1-16(23(28)35)29-24(36)20(15-19-9-5-4-6-10-19)31-26(38)22-12-8-14-33(22)27(39)17(2)30-25(37)21-11-7-13-32(21)18(3)34/h4-6,9-10,16-17,20-22H,7-8,11-15H2,1-3H3,(H2,28,35)(H,29,36)(H,30,37)(H,31,38)/t16-,17-,20-,21-,22-/m0/s1. The lowest BCUT2D eigenvalue weighted by molar-refractivity contribution is -0.143. The number of benzene rings is 1. The summed E-state index contributed by atoms with van der Waals surface area (Å²) in [6, 6.07) is 4.82. The van der Waals surface area contributed by atoms with Crippen LogP contribution in [0.3, 0.4) is 0 Å². The highest BCUT2D eigenvalue weighted by Crippen LogP contribution is 2.21. The van der Waals surface area contributed by atoms with Crippen LogP contribution in [0, 0.1) is 0 Å². The molecule has 0 spiro atoms. The van der Waals surface area contributed by atoms with Crippen LogP contribution in [-0.2, 0) is 35.2 Å². The molecular weight excluding hydrogens is 504 g/mol. The van der Waals surface area contributed by atoms with E-state index < -0.39 is 59.7 Å². The van der Waals surface area contributed by atoms with E-state index >= 15 is 0 Å². The maximum atomic E-state index is 13.3. The third kappa shape index (κ3) is 7.55. The molecule has 5 atom stereocenters. The first-order valence-corrected chi connectivity index (χ1v) is 13.3. The summed E-state index contributed by atoms with van der Waals surface area (Å²) in [7, 11) is 0. The molecule has 2 aliphatic rings. The average molecular weight is 543 g/mol. The van der Waals surface area contributed by atoms with Crippen LogP contribution in [0.15, 0.2) is 30.3 Å². The van der Waals surface area contributed by atoms with Crippen molar-refractivity contribution in [3.63, 3.8) is 0 Å². The molecule has 6 amide bonds. The first-order valence-electron chi connectivity index (χ1n) is 13.3. The molecule has 2 heterocycles. The average Bonchev–Trinajstić information content (AvgIpc) is 3.58. The monoisotopic (exact) mass is 542 g/mol. The van der Waals surface area contributed by atoms with Crippen LogP contribution in [0.1, 0.15) is 52.0 Å². The third-order valence-electron chi connectivity index (χ3n) is 7.23. The fourth-order valence-corrected chi connectivity index (χ4v) is 5.05. The number of rotatable bonds is 10. The number of carbonyl (C=O) groups excluding carboxylic acids is 6. The SMILES string of the molecule is CC(=O)N1CCC[C@H]1C(=O)N[C@@H](C)C(=O)N1CCC[C@H]1C(=O)N[C@@H](Cc1ccccc1)C(=O)N[C@@H](C)C(N)=O. The first kappa shape index (κ1) is 29.6. The summed E-state index contributed by atoms with van der Waals surface area (Å²) in [5, 5.41) is 7.98. The van der Waals surface area contributed by atoms with E-state index in [-0.39, 0.29) is 12.3 Å². The molecule has 1 aromatic rings. The lowest BCUT2D eigenvalue weighted by Gasteiger charge is -2.30. The minimum absolute atomic E-state index is 0.172. The van der Waals surface area contributed by atoms with Crippen LogP contribution < -0.4 is 21.7 Å². The number of amides is 6. The van der Waals surface area contributed by atoms with E-state index in [1.807, 2.05) is 30.3 Å². The summed E-state index contributed by atoms with van der Waals surface area (Å²) in [5.74, 6) is -2.78. The second kappa shape index (κ2) is 13.2. The van der Waals surface area contributed by atoms with Gasteiger partial charge in [0.15, 0.2) is 0 Å². The number of hydrogen-bond donors (Lipinski definition) is 4. The van der Waals surface area contributed by atoms with Crippen LogP contribution >= 0.6 is 0 Å². The topological polar surface area (TPSA) is 171 Å². The van der Waals surface area contributed by atoms with E-state index in [2.05, 4.69) is 16.0 Å². The van der Waals surface area contributed by atoms with Crippen molar-refractivity contribution in [2.45, 2.75) is 83.1 Å². The molecule has 0 bridgehead atoms. The number of primary amides is 1. The van der Waals surface area contributed by atoms with E-state index in [1.54, 1.807) is 6.92 Å². The molecule has 1 aromatic carbocycles. The Morgan fingerprint density at radius 1 is 0.846 bits per heavy atom. The van der Waals surface area contributed by atoms with Crippen molar-refractivity contribution >= 4 is 35.4 Å². The van der Waals surface area contributed by atoms with Gasteiger partial charge in [-0.15, -0.1) is 0 Å². The summed E-state index contributed by atoms with van der Waals surface area (Å²) >= 11 is 0. The molecule has 2 fully saturated rings. The maximum Gasteiger partial charge on any atom is 0.245 e. The predicted molar refractivity (Wildman–Crippen MR) is 142 cm³/mol. The molecule has 0 radical (unpaired) electrons. The van der Waals surface area contributed by atoms with Crippen molar-refractivity contribution in [1.82, 2.24) is 25.8 Å². The molecule has 0 aliphatic carbocycles. The van der Waals surface area contributed by atoms with Gasteiger partial charge >= 0.3 is 0 Å². The van der Waals surface area contributed by atoms with Gasteiger partial charge in [0.05, 0.1) is 0 Å². The van der Waals surface area contributed by atoms with Crippen LogP contribution in [0.2, 0.25) is 0 Å². The normalized spacial score (nSPS) is 21.0. The lowest BCUT2D eigenvalue weighted by Crippen LogP contribution is -2.58. The second-order valence-electron chi connectivity index (χ2n) is 10.2. The number of nitrogens with two attached hydrogens (primary N) is 1. The van der Waals surface area contributed by atoms with Crippen molar-refractivity contribution < 1.29 is 28.8 Å². The number of likely N-dealkylation sites (tertiary alicyclic amines) is 2. The summed E-state index contributed by atoms with van der Waals surface area (Å²) in [4.78, 5) is 78.6. The molecule has 12 nitrogen and oxygen atoms in total. The minimum Gasteiger partial charge on any atom is -0.368 e. The predicted octanol–water partition coefficient (Wildman–Crippen LogP) is -0.789. The van der Waals surface area contributed by atoms with E-state index in [4.69, 9.17) is 5.73 Å². The van der Waals surface area contributed by atoms with Crippen LogP contribution in [0.25, 0.3) is 0 Å². The summed E-state index contributed by atoms with van der Waals surface area (Å²) in [6.07, 6.45) is 2.39. The van der Waals surface area contributed by atoms with Gasteiger partial charge in [-0.2, -0.15) is 0 Å². The fourth-order valence-electron chi connectivity index (χ4n) is 5.05. The Balaban J connectivity index is 1.67. The second-order valence-corrected chi connectivity index (χ2v) is 10.2. The lowest BCUT2D eigenvalue weighted by atomic mass is 10.0. The summed E-state index contributed by atoms with van der Waals surface area (Å²) < 4.78 is 0. The highest BCUT2D eigenvalue weighted by Gasteiger charge is 2.39. The van der Waals surface area contributed by atoms with Gasteiger partial charge in [0, 0.05) is 26.4 Å². The van der Waals surface area contributed by atoms with E-state index in [9.17, 15) is 28.8 Å². The smallest absolute Gasteiger partial charge is 0.245 e.